The lowest BCUT2D eigenvalue weighted by atomic mass is 9.81. The highest BCUT2D eigenvalue weighted by molar-refractivity contribution is 6.29. The van der Waals surface area contributed by atoms with Gasteiger partial charge in [-0.05, 0) is 24.7 Å². The Balaban J connectivity index is 1.86. The molecule has 1 aromatic heterocycles. The van der Waals surface area contributed by atoms with Crippen molar-refractivity contribution in [3.05, 3.63) is 27.4 Å². The Morgan fingerprint density at radius 2 is 2.30 bits per heavy atom. The summed E-state index contributed by atoms with van der Waals surface area (Å²) in [7, 11) is 0. The summed E-state index contributed by atoms with van der Waals surface area (Å²) < 4.78 is 0. The second-order valence-corrected chi connectivity index (χ2v) is 6.03. The van der Waals surface area contributed by atoms with Crippen molar-refractivity contribution < 1.29 is 4.92 Å². The van der Waals surface area contributed by atoms with Gasteiger partial charge in [-0.2, -0.15) is 0 Å². The number of nitrogens with zero attached hydrogens (tertiary/aromatic N) is 2. The molecule has 0 saturated heterocycles. The van der Waals surface area contributed by atoms with E-state index in [-0.39, 0.29) is 10.8 Å². The molecule has 2 rings (SSSR count). The smallest absolute Gasteiger partial charge is 0.276 e. The predicted molar refractivity (Wildman–Crippen MR) is 80.1 cm³/mol. The third-order valence-electron chi connectivity index (χ3n) is 3.89. The van der Waals surface area contributed by atoms with Crippen LogP contribution in [0.5, 0.6) is 0 Å². The van der Waals surface area contributed by atoms with Crippen LogP contribution in [-0.4, -0.2) is 16.5 Å². The van der Waals surface area contributed by atoms with E-state index in [9.17, 15) is 10.1 Å². The molecule has 0 aliphatic heterocycles. The fourth-order valence-corrected chi connectivity index (χ4v) is 3.11. The average Bonchev–Trinajstić information content (AvgIpc) is 2.38. The topological polar surface area (TPSA) is 68.1 Å². The van der Waals surface area contributed by atoms with Gasteiger partial charge in [0.2, 0.25) is 0 Å². The minimum absolute atomic E-state index is 0.0289. The normalized spacial score (nSPS) is 22.5. The van der Waals surface area contributed by atoms with Crippen LogP contribution in [0.4, 0.5) is 11.5 Å². The zero-order valence-corrected chi connectivity index (χ0v) is 12.4. The summed E-state index contributed by atoms with van der Waals surface area (Å²) in [5.41, 5.74) is -0.0289. The summed E-state index contributed by atoms with van der Waals surface area (Å²) in [6.45, 7) is 3.09. The molecule has 0 aromatic carbocycles. The molecule has 0 bridgehead atoms. The van der Waals surface area contributed by atoms with E-state index in [2.05, 4.69) is 17.2 Å². The first-order chi connectivity index (χ1) is 9.54. The fourth-order valence-electron chi connectivity index (χ4n) is 2.91. The number of halogens is 1. The standard InChI is InChI=1S/C14H20ClN3O2/c1-10-3-2-4-11(7-10)5-6-16-14-9-12(18(19)20)8-13(15)17-14/h8-11H,2-7H2,1H3,(H,16,17). The molecule has 1 fully saturated rings. The second kappa shape index (κ2) is 6.88. The van der Waals surface area contributed by atoms with E-state index in [4.69, 9.17) is 11.6 Å². The van der Waals surface area contributed by atoms with Gasteiger partial charge in [-0.15, -0.1) is 0 Å². The number of pyridine rings is 1. The van der Waals surface area contributed by atoms with Crippen LogP contribution < -0.4 is 5.32 Å². The Bertz CT molecular complexity index is 481. The quantitative estimate of drug-likeness (QED) is 0.500. The summed E-state index contributed by atoms with van der Waals surface area (Å²) >= 11 is 5.79. The van der Waals surface area contributed by atoms with Gasteiger partial charge in [-0.25, -0.2) is 4.98 Å². The van der Waals surface area contributed by atoms with E-state index in [1.54, 1.807) is 0 Å². The number of hydrogen-bond donors (Lipinski definition) is 1. The predicted octanol–water partition coefficient (Wildman–Crippen LogP) is 4.27. The van der Waals surface area contributed by atoms with Crippen LogP contribution in [0.3, 0.4) is 0 Å². The van der Waals surface area contributed by atoms with Crippen molar-refractivity contribution in [3.63, 3.8) is 0 Å². The van der Waals surface area contributed by atoms with Crippen LogP contribution in [0.25, 0.3) is 0 Å². The maximum absolute atomic E-state index is 10.8. The summed E-state index contributed by atoms with van der Waals surface area (Å²) in [6.07, 6.45) is 6.30. The third kappa shape index (κ3) is 4.34. The van der Waals surface area contributed by atoms with Crippen molar-refractivity contribution in [1.29, 1.82) is 0 Å². The van der Waals surface area contributed by atoms with Crippen molar-refractivity contribution in [2.24, 2.45) is 11.8 Å². The maximum Gasteiger partial charge on any atom is 0.276 e. The molecule has 2 atom stereocenters. The second-order valence-electron chi connectivity index (χ2n) is 5.64. The van der Waals surface area contributed by atoms with Gasteiger partial charge >= 0.3 is 0 Å². The largest absolute Gasteiger partial charge is 0.370 e. The number of aromatic nitrogens is 1. The van der Waals surface area contributed by atoms with Crippen LogP contribution in [0.2, 0.25) is 5.15 Å². The van der Waals surface area contributed by atoms with Crippen molar-refractivity contribution in [3.8, 4) is 0 Å². The van der Waals surface area contributed by atoms with Crippen LogP contribution in [0.15, 0.2) is 12.1 Å². The van der Waals surface area contributed by atoms with E-state index in [1.807, 2.05) is 0 Å². The lowest BCUT2D eigenvalue weighted by Gasteiger charge is -2.26. The molecule has 0 spiro atoms. The Morgan fingerprint density at radius 1 is 1.50 bits per heavy atom. The molecule has 1 aliphatic carbocycles. The Kier molecular flexibility index (Phi) is 5.17. The van der Waals surface area contributed by atoms with Crippen molar-refractivity contribution in [1.82, 2.24) is 4.98 Å². The van der Waals surface area contributed by atoms with E-state index < -0.39 is 4.92 Å². The highest BCUT2D eigenvalue weighted by atomic mass is 35.5. The molecule has 0 amide bonds. The summed E-state index contributed by atoms with van der Waals surface area (Å²) in [5, 5.41) is 14.0. The molecule has 0 radical (unpaired) electrons. The molecule has 6 heteroatoms. The molecule has 1 saturated carbocycles. The molecular weight excluding hydrogens is 278 g/mol. The molecule has 5 nitrogen and oxygen atoms in total. The monoisotopic (exact) mass is 297 g/mol. The number of rotatable bonds is 5. The van der Waals surface area contributed by atoms with Gasteiger partial charge < -0.3 is 5.32 Å². The highest BCUT2D eigenvalue weighted by Gasteiger charge is 2.18. The van der Waals surface area contributed by atoms with E-state index >= 15 is 0 Å². The van der Waals surface area contributed by atoms with Crippen LogP contribution in [0.1, 0.15) is 39.0 Å². The van der Waals surface area contributed by atoms with Gasteiger partial charge in [0.05, 0.1) is 17.1 Å². The van der Waals surface area contributed by atoms with Crippen LogP contribution in [-0.2, 0) is 0 Å². The molecule has 1 N–H and O–H groups in total. The number of nitro groups is 1. The lowest BCUT2D eigenvalue weighted by Crippen LogP contribution is -2.16. The van der Waals surface area contributed by atoms with E-state index in [0.29, 0.717) is 5.82 Å². The first-order valence-corrected chi connectivity index (χ1v) is 7.48. The van der Waals surface area contributed by atoms with Crippen molar-refractivity contribution in [2.75, 3.05) is 11.9 Å². The Hall–Kier alpha value is -1.36. The average molecular weight is 298 g/mol. The Morgan fingerprint density at radius 3 is 3.00 bits per heavy atom. The minimum atomic E-state index is -0.457. The molecule has 2 unspecified atom stereocenters. The van der Waals surface area contributed by atoms with Gasteiger partial charge in [0.1, 0.15) is 11.0 Å². The first-order valence-electron chi connectivity index (χ1n) is 7.10. The van der Waals surface area contributed by atoms with Gasteiger partial charge in [0.15, 0.2) is 0 Å². The zero-order chi connectivity index (χ0) is 14.5. The SMILES string of the molecule is CC1CCCC(CCNc2cc([N+](=O)[O-])cc(Cl)n2)C1. The van der Waals surface area contributed by atoms with E-state index in [0.717, 1.165) is 24.8 Å². The number of anilines is 1. The number of nitrogens with one attached hydrogen (secondary N) is 1. The van der Waals surface area contributed by atoms with Crippen LogP contribution in [0, 0.1) is 22.0 Å². The first kappa shape index (κ1) is 15.0. The number of hydrogen-bond acceptors (Lipinski definition) is 4. The molecule has 20 heavy (non-hydrogen) atoms. The third-order valence-corrected chi connectivity index (χ3v) is 4.09. The summed E-state index contributed by atoms with van der Waals surface area (Å²) in [6, 6.07) is 2.69. The van der Waals surface area contributed by atoms with Gasteiger partial charge in [-0.3, -0.25) is 10.1 Å². The zero-order valence-electron chi connectivity index (χ0n) is 11.6. The van der Waals surface area contributed by atoms with E-state index in [1.165, 1.54) is 37.8 Å². The van der Waals surface area contributed by atoms with Gasteiger partial charge in [-0.1, -0.05) is 37.8 Å². The minimum Gasteiger partial charge on any atom is -0.370 e. The van der Waals surface area contributed by atoms with Crippen molar-refractivity contribution >= 4 is 23.1 Å². The molecule has 1 heterocycles. The summed E-state index contributed by atoms with van der Waals surface area (Å²) in [4.78, 5) is 14.4. The van der Waals surface area contributed by atoms with Gasteiger partial charge in [0, 0.05) is 6.54 Å². The van der Waals surface area contributed by atoms with Gasteiger partial charge in [0.25, 0.3) is 5.69 Å². The molecular formula is C14H20ClN3O2. The molecule has 1 aromatic rings. The molecule has 1 aliphatic rings. The Labute approximate surface area is 123 Å². The highest BCUT2D eigenvalue weighted by Crippen LogP contribution is 2.30. The van der Waals surface area contributed by atoms with Crippen LogP contribution >= 0.6 is 11.6 Å². The molecule has 110 valence electrons. The fraction of sp³-hybridized carbons (Fsp3) is 0.643. The van der Waals surface area contributed by atoms with Crippen molar-refractivity contribution in [2.45, 2.75) is 39.0 Å². The summed E-state index contributed by atoms with van der Waals surface area (Å²) in [5.74, 6) is 2.05. The maximum atomic E-state index is 10.8. The lowest BCUT2D eigenvalue weighted by molar-refractivity contribution is -0.384.